The van der Waals surface area contributed by atoms with Crippen molar-refractivity contribution in [3.8, 4) is 6.07 Å². The quantitative estimate of drug-likeness (QED) is 0.461. The van der Waals surface area contributed by atoms with E-state index in [1.807, 2.05) is 10.8 Å². The molecule has 0 amide bonds. The number of hydrogen-bond acceptors (Lipinski definition) is 5. The Morgan fingerprint density at radius 3 is 2.29 bits per heavy atom. The summed E-state index contributed by atoms with van der Waals surface area (Å²) >= 11 is 2.97. The topological polar surface area (TPSA) is 66.9 Å². The average molecular weight is 262 g/mol. The highest BCUT2D eigenvalue weighted by atomic mass is 32.2. The van der Waals surface area contributed by atoms with E-state index in [2.05, 4.69) is 6.07 Å². The van der Waals surface area contributed by atoms with Gasteiger partial charge in [-0.2, -0.15) is 5.26 Å². The van der Waals surface area contributed by atoms with Gasteiger partial charge in [0.15, 0.2) is 0 Å². The zero-order valence-corrected chi connectivity index (χ0v) is 10.1. The van der Waals surface area contributed by atoms with Gasteiger partial charge in [0.2, 0.25) is 0 Å². The van der Waals surface area contributed by atoms with Gasteiger partial charge in [0.05, 0.1) is 14.7 Å². The molecule has 84 valence electrons. The molecule has 1 aliphatic heterocycles. The lowest BCUT2D eigenvalue weighted by Gasteiger charge is -2.02. The van der Waals surface area contributed by atoms with Crippen LogP contribution < -0.4 is 0 Å². The molecule has 1 aliphatic rings. The van der Waals surface area contributed by atoms with E-state index in [9.17, 15) is 10.1 Å². The fourth-order valence-electron chi connectivity index (χ4n) is 1.30. The van der Waals surface area contributed by atoms with Crippen molar-refractivity contribution in [2.75, 3.05) is 0 Å². The smallest absolute Gasteiger partial charge is 0.258 e. The number of nitriles is 1. The van der Waals surface area contributed by atoms with Gasteiger partial charge in [0.1, 0.15) is 6.07 Å². The fourth-order valence-corrected chi connectivity index (χ4v) is 3.11. The van der Waals surface area contributed by atoms with Gasteiger partial charge in [-0.05, 0) is 28.5 Å². The molecule has 0 atom stereocenters. The fraction of sp³-hybridized carbons (Fsp3) is 0. The number of nitro groups is 1. The van der Waals surface area contributed by atoms with Gasteiger partial charge in [-0.1, -0.05) is 23.5 Å². The Bertz CT molecular complexity index is 546. The minimum Gasteiger partial charge on any atom is -0.258 e. The maximum atomic E-state index is 10.5. The van der Waals surface area contributed by atoms with E-state index in [1.165, 1.54) is 35.7 Å². The van der Waals surface area contributed by atoms with Gasteiger partial charge in [-0.25, -0.2) is 0 Å². The average Bonchev–Trinajstić information content (AvgIpc) is 2.84. The predicted octanol–water partition coefficient (Wildman–Crippen LogP) is 3.74. The maximum Gasteiger partial charge on any atom is 0.269 e. The highest BCUT2D eigenvalue weighted by molar-refractivity contribution is 8.27. The van der Waals surface area contributed by atoms with Crippen molar-refractivity contribution in [3.05, 3.63) is 55.0 Å². The van der Waals surface area contributed by atoms with Crippen LogP contribution in [0.15, 0.2) is 39.3 Å². The van der Waals surface area contributed by atoms with E-state index < -0.39 is 4.92 Å². The zero-order chi connectivity index (χ0) is 12.3. The van der Waals surface area contributed by atoms with Crippen LogP contribution in [0, 0.1) is 21.4 Å². The first-order chi connectivity index (χ1) is 8.22. The summed E-state index contributed by atoms with van der Waals surface area (Å²) in [6, 6.07) is 8.15. The van der Waals surface area contributed by atoms with Crippen molar-refractivity contribution >= 4 is 34.8 Å². The molecule has 0 spiro atoms. The Balaban J connectivity index is 2.37. The van der Waals surface area contributed by atoms with Gasteiger partial charge >= 0.3 is 0 Å². The lowest BCUT2D eigenvalue weighted by Crippen LogP contribution is -1.89. The third-order valence-corrected chi connectivity index (χ3v) is 4.22. The molecule has 1 aromatic rings. The van der Waals surface area contributed by atoms with Gasteiger partial charge in [-0.3, -0.25) is 10.1 Å². The predicted molar refractivity (Wildman–Crippen MR) is 70.0 cm³/mol. The highest BCUT2D eigenvalue weighted by Gasteiger charge is 2.13. The minimum absolute atomic E-state index is 0.0286. The first-order valence-corrected chi connectivity index (χ1v) is 6.36. The Morgan fingerprint density at radius 2 is 1.82 bits per heavy atom. The van der Waals surface area contributed by atoms with Crippen molar-refractivity contribution in [2.24, 2.45) is 0 Å². The van der Waals surface area contributed by atoms with Crippen LogP contribution in [0.4, 0.5) is 5.69 Å². The van der Waals surface area contributed by atoms with Crippen LogP contribution in [0.1, 0.15) is 5.56 Å². The zero-order valence-electron chi connectivity index (χ0n) is 8.49. The second-order valence-electron chi connectivity index (χ2n) is 3.09. The van der Waals surface area contributed by atoms with Crippen molar-refractivity contribution in [3.63, 3.8) is 0 Å². The van der Waals surface area contributed by atoms with Gasteiger partial charge < -0.3 is 0 Å². The second kappa shape index (κ2) is 5.08. The summed E-state index contributed by atoms with van der Waals surface area (Å²) in [4.78, 5) is 10.1. The Kier molecular flexibility index (Phi) is 3.52. The third-order valence-electron chi connectivity index (χ3n) is 2.09. The molecule has 0 fully saturated rings. The minimum atomic E-state index is -0.455. The molecule has 0 saturated carbocycles. The van der Waals surface area contributed by atoms with Crippen LogP contribution in [0.5, 0.6) is 0 Å². The second-order valence-corrected chi connectivity index (χ2v) is 5.18. The summed E-state index contributed by atoms with van der Waals surface area (Å²) < 4.78 is 0.904. The molecule has 4 nitrogen and oxygen atoms in total. The molecule has 0 unspecified atom stereocenters. The van der Waals surface area contributed by atoms with E-state index in [-0.39, 0.29) is 5.69 Å². The third kappa shape index (κ3) is 2.52. The molecule has 0 saturated heterocycles. The first kappa shape index (κ1) is 11.8. The number of allylic oxidation sites excluding steroid dienone is 1. The molecule has 1 aromatic carbocycles. The van der Waals surface area contributed by atoms with Crippen molar-refractivity contribution in [1.29, 1.82) is 5.26 Å². The molecule has 6 heteroatoms. The van der Waals surface area contributed by atoms with Crippen LogP contribution in [-0.4, -0.2) is 4.92 Å². The van der Waals surface area contributed by atoms with E-state index in [0.717, 1.165) is 4.24 Å². The van der Waals surface area contributed by atoms with Crippen molar-refractivity contribution in [2.45, 2.75) is 0 Å². The van der Waals surface area contributed by atoms with Crippen LogP contribution in [0.25, 0.3) is 5.57 Å². The summed E-state index contributed by atoms with van der Waals surface area (Å²) in [5.74, 6) is 0. The number of nitro benzene ring substituents is 1. The molecule has 0 N–H and O–H groups in total. The number of non-ortho nitro benzene ring substituents is 1. The number of rotatable bonds is 2. The van der Waals surface area contributed by atoms with E-state index in [1.54, 1.807) is 12.1 Å². The van der Waals surface area contributed by atoms with Crippen molar-refractivity contribution < 1.29 is 4.92 Å². The van der Waals surface area contributed by atoms with Crippen LogP contribution in [-0.2, 0) is 0 Å². The van der Waals surface area contributed by atoms with Crippen LogP contribution in [0.3, 0.4) is 0 Å². The van der Waals surface area contributed by atoms with Crippen LogP contribution >= 0.6 is 23.5 Å². The summed E-state index contributed by atoms with van der Waals surface area (Å²) in [7, 11) is 0. The largest absolute Gasteiger partial charge is 0.269 e. The SMILES string of the molecule is N#CC(=C1SC=CS1)c1ccc([N+](=O)[O-])cc1. The Labute approximate surface area is 106 Å². The molecular formula is C11H6N2O2S2. The molecule has 0 aromatic heterocycles. The van der Waals surface area contributed by atoms with Crippen molar-refractivity contribution in [1.82, 2.24) is 0 Å². The number of nitrogens with zero attached hydrogens (tertiary/aromatic N) is 2. The standard InChI is InChI=1S/C11H6N2O2S2/c12-7-10(11-16-5-6-17-11)8-1-3-9(4-2-8)13(14)15/h1-6H. The van der Waals surface area contributed by atoms with Gasteiger partial charge in [0.25, 0.3) is 5.69 Å². The summed E-state index contributed by atoms with van der Waals surface area (Å²) in [5.41, 5.74) is 1.29. The maximum absolute atomic E-state index is 10.5. The highest BCUT2D eigenvalue weighted by Crippen LogP contribution is 2.42. The lowest BCUT2D eigenvalue weighted by molar-refractivity contribution is -0.384. The molecule has 0 radical (unpaired) electrons. The molecular weight excluding hydrogens is 256 g/mol. The molecule has 2 rings (SSSR count). The summed E-state index contributed by atoms with van der Waals surface area (Å²) in [5, 5.41) is 23.5. The number of thioether (sulfide) groups is 2. The summed E-state index contributed by atoms with van der Waals surface area (Å²) in [6.45, 7) is 0. The van der Waals surface area contributed by atoms with E-state index in [0.29, 0.717) is 11.1 Å². The number of hydrogen-bond donors (Lipinski definition) is 0. The summed E-state index contributed by atoms with van der Waals surface area (Å²) in [6.07, 6.45) is 0. The number of benzene rings is 1. The Hall–Kier alpha value is -1.71. The molecule has 1 heterocycles. The molecule has 0 aliphatic carbocycles. The first-order valence-electron chi connectivity index (χ1n) is 4.60. The van der Waals surface area contributed by atoms with Gasteiger partial charge in [0, 0.05) is 12.1 Å². The molecule has 0 bridgehead atoms. The van der Waals surface area contributed by atoms with E-state index >= 15 is 0 Å². The van der Waals surface area contributed by atoms with E-state index in [4.69, 9.17) is 5.26 Å². The van der Waals surface area contributed by atoms with Gasteiger partial charge in [-0.15, -0.1) is 0 Å². The Morgan fingerprint density at radius 1 is 1.24 bits per heavy atom. The molecule has 17 heavy (non-hydrogen) atoms. The van der Waals surface area contributed by atoms with Crippen LogP contribution in [0.2, 0.25) is 0 Å². The monoisotopic (exact) mass is 262 g/mol. The lowest BCUT2D eigenvalue weighted by atomic mass is 10.1. The normalized spacial score (nSPS) is 13.5.